The van der Waals surface area contributed by atoms with Crippen LogP contribution in [0.4, 0.5) is 0 Å². The smallest absolute Gasteiger partial charge is 0.174 e. The zero-order valence-corrected chi connectivity index (χ0v) is 13.2. The SMILES string of the molecule is COc1c(C)ccc(SC2(C#N)CCCCC2)c1OC. The average Bonchev–Trinajstić information content (AvgIpc) is 2.49. The molecule has 0 saturated heterocycles. The van der Waals surface area contributed by atoms with Gasteiger partial charge in [-0.15, -0.1) is 0 Å². The van der Waals surface area contributed by atoms with Gasteiger partial charge >= 0.3 is 0 Å². The predicted octanol–water partition coefficient (Wildman–Crippen LogP) is 4.33. The normalized spacial score (nSPS) is 17.3. The first-order chi connectivity index (χ1) is 9.65. The van der Waals surface area contributed by atoms with Crippen molar-refractivity contribution in [3.63, 3.8) is 0 Å². The van der Waals surface area contributed by atoms with E-state index >= 15 is 0 Å². The predicted molar refractivity (Wildman–Crippen MR) is 81.6 cm³/mol. The standard InChI is InChI=1S/C16H21NO2S/c1-12-7-8-13(15(19-3)14(12)18-2)20-16(11-17)9-5-4-6-10-16/h7-8H,4-6,9-10H2,1-3H3. The largest absolute Gasteiger partial charge is 0.493 e. The molecule has 0 aromatic heterocycles. The Morgan fingerprint density at radius 2 is 1.75 bits per heavy atom. The maximum atomic E-state index is 9.60. The molecule has 1 aliphatic carbocycles. The van der Waals surface area contributed by atoms with Crippen molar-refractivity contribution < 1.29 is 9.47 Å². The van der Waals surface area contributed by atoms with Crippen LogP contribution in [-0.2, 0) is 0 Å². The number of hydrogen-bond donors (Lipinski definition) is 0. The number of benzene rings is 1. The first-order valence-electron chi connectivity index (χ1n) is 6.97. The third-order valence-electron chi connectivity index (χ3n) is 3.85. The van der Waals surface area contributed by atoms with Crippen molar-refractivity contribution in [1.82, 2.24) is 0 Å². The first kappa shape index (κ1) is 15.1. The van der Waals surface area contributed by atoms with E-state index in [0.717, 1.165) is 47.6 Å². The topological polar surface area (TPSA) is 42.2 Å². The van der Waals surface area contributed by atoms with Crippen molar-refractivity contribution in [2.24, 2.45) is 0 Å². The van der Waals surface area contributed by atoms with Crippen molar-refractivity contribution in [2.45, 2.75) is 48.7 Å². The summed E-state index contributed by atoms with van der Waals surface area (Å²) < 4.78 is 10.7. The van der Waals surface area contributed by atoms with Crippen LogP contribution < -0.4 is 9.47 Å². The number of nitriles is 1. The molecule has 20 heavy (non-hydrogen) atoms. The zero-order valence-electron chi connectivity index (χ0n) is 12.4. The summed E-state index contributed by atoms with van der Waals surface area (Å²) in [5, 5.41) is 9.60. The summed E-state index contributed by atoms with van der Waals surface area (Å²) in [6, 6.07) is 6.60. The highest BCUT2D eigenvalue weighted by Gasteiger charge is 2.34. The monoisotopic (exact) mass is 291 g/mol. The van der Waals surface area contributed by atoms with Gasteiger partial charge in [0, 0.05) is 0 Å². The lowest BCUT2D eigenvalue weighted by Gasteiger charge is -2.30. The Balaban J connectivity index is 2.35. The second kappa shape index (κ2) is 6.41. The molecule has 1 aromatic rings. The highest BCUT2D eigenvalue weighted by atomic mass is 32.2. The summed E-state index contributed by atoms with van der Waals surface area (Å²) in [4.78, 5) is 0.999. The fraction of sp³-hybridized carbons (Fsp3) is 0.562. The summed E-state index contributed by atoms with van der Waals surface area (Å²) in [7, 11) is 3.31. The van der Waals surface area contributed by atoms with Crippen LogP contribution >= 0.6 is 11.8 Å². The maximum Gasteiger partial charge on any atom is 0.174 e. The van der Waals surface area contributed by atoms with Gasteiger partial charge < -0.3 is 9.47 Å². The van der Waals surface area contributed by atoms with E-state index in [0.29, 0.717) is 0 Å². The van der Waals surface area contributed by atoms with E-state index in [2.05, 4.69) is 6.07 Å². The lowest BCUT2D eigenvalue weighted by Crippen LogP contribution is -2.25. The van der Waals surface area contributed by atoms with Gasteiger partial charge in [-0.05, 0) is 31.4 Å². The van der Waals surface area contributed by atoms with Crippen molar-refractivity contribution >= 4 is 11.8 Å². The minimum Gasteiger partial charge on any atom is -0.493 e. The lowest BCUT2D eigenvalue weighted by atomic mass is 9.89. The highest BCUT2D eigenvalue weighted by molar-refractivity contribution is 8.01. The molecule has 4 heteroatoms. The molecule has 1 fully saturated rings. The molecule has 1 saturated carbocycles. The summed E-state index contributed by atoms with van der Waals surface area (Å²) in [5.41, 5.74) is 1.04. The molecular weight excluding hydrogens is 270 g/mol. The maximum absolute atomic E-state index is 9.60. The molecule has 0 spiro atoms. The van der Waals surface area contributed by atoms with Crippen LogP contribution in [0.5, 0.6) is 11.5 Å². The highest BCUT2D eigenvalue weighted by Crippen LogP contribution is 2.49. The Morgan fingerprint density at radius 1 is 1.10 bits per heavy atom. The van der Waals surface area contributed by atoms with Crippen molar-refractivity contribution in [3.8, 4) is 17.6 Å². The lowest BCUT2D eigenvalue weighted by molar-refractivity contribution is 0.345. The van der Waals surface area contributed by atoms with Crippen LogP contribution in [0.25, 0.3) is 0 Å². The van der Waals surface area contributed by atoms with Gasteiger partial charge in [0.05, 0.1) is 25.2 Å². The number of rotatable bonds is 4. The Hall–Kier alpha value is -1.34. The zero-order chi connectivity index (χ0) is 14.6. The van der Waals surface area contributed by atoms with Gasteiger partial charge in [0.2, 0.25) is 0 Å². The van der Waals surface area contributed by atoms with Gasteiger partial charge in [-0.25, -0.2) is 0 Å². The van der Waals surface area contributed by atoms with Crippen LogP contribution in [0.3, 0.4) is 0 Å². The summed E-state index contributed by atoms with van der Waals surface area (Å²) >= 11 is 1.64. The molecular formula is C16H21NO2S. The van der Waals surface area contributed by atoms with E-state index in [9.17, 15) is 5.26 Å². The molecule has 3 nitrogen and oxygen atoms in total. The third kappa shape index (κ3) is 2.88. The van der Waals surface area contributed by atoms with Gasteiger partial charge in [-0.3, -0.25) is 0 Å². The van der Waals surface area contributed by atoms with Crippen molar-refractivity contribution in [2.75, 3.05) is 14.2 Å². The molecule has 0 bridgehead atoms. The molecule has 1 aliphatic rings. The Labute approximate surface area is 125 Å². The number of nitrogens with zero attached hydrogens (tertiary/aromatic N) is 1. The molecule has 0 aliphatic heterocycles. The molecule has 0 heterocycles. The van der Waals surface area contributed by atoms with E-state index < -0.39 is 0 Å². The average molecular weight is 291 g/mol. The van der Waals surface area contributed by atoms with E-state index in [1.165, 1.54) is 6.42 Å². The van der Waals surface area contributed by atoms with Gasteiger partial charge in [-0.2, -0.15) is 5.26 Å². The molecule has 0 amide bonds. The number of aryl methyl sites for hydroxylation is 1. The Bertz CT molecular complexity index is 516. The first-order valence-corrected chi connectivity index (χ1v) is 7.79. The second-order valence-electron chi connectivity index (χ2n) is 5.22. The molecule has 1 aromatic carbocycles. The number of thioether (sulfide) groups is 1. The molecule has 0 N–H and O–H groups in total. The minimum absolute atomic E-state index is 0.314. The Morgan fingerprint density at radius 3 is 2.30 bits per heavy atom. The van der Waals surface area contributed by atoms with E-state index in [1.807, 2.05) is 19.1 Å². The minimum atomic E-state index is -0.314. The summed E-state index contributed by atoms with van der Waals surface area (Å²) in [6.45, 7) is 2.00. The van der Waals surface area contributed by atoms with Crippen LogP contribution in [0, 0.1) is 18.3 Å². The van der Waals surface area contributed by atoms with Gasteiger partial charge in [0.25, 0.3) is 0 Å². The van der Waals surface area contributed by atoms with Crippen LogP contribution in [0.15, 0.2) is 17.0 Å². The van der Waals surface area contributed by atoms with E-state index in [4.69, 9.17) is 9.47 Å². The van der Waals surface area contributed by atoms with E-state index in [-0.39, 0.29) is 4.75 Å². The van der Waals surface area contributed by atoms with Gasteiger partial charge in [-0.1, -0.05) is 37.1 Å². The summed E-state index contributed by atoms with van der Waals surface area (Å²) in [5.74, 6) is 1.51. The quantitative estimate of drug-likeness (QED) is 0.828. The van der Waals surface area contributed by atoms with Gasteiger partial charge in [0.1, 0.15) is 4.75 Å². The van der Waals surface area contributed by atoms with Crippen molar-refractivity contribution in [3.05, 3.63) is 17.7 Å². The second-order valence-corrected chi connectivity index (χ2v) is 6.64. The molecule has 0 atom stereocenters. The van der Waals surface area contributed by atoms with Gasteiger partial charge in [0.15, 0.2) is 11.5 Å². The Kier molecular flexibility index (Phi) is 4.82. The third-order valence-corrected chi connectivity index (χ3v) is 5.28. The molecule has 2 rings (SSSR count). The van der Waals surface area contributed by atoms with Crippen LogP contribution in [0.2, 0.25) is 0 Å². The van der Waals surface area contributed by atoms with Crippen LogP contribution in [-0.4, -0.2) is 19.0 Å². The number of ether oxygens (including phenoxy) is 2. The van der Waals surface area contributed by atoms with Crippen molar-refractivity contribution in [1.29, 1.82) is 5.26 Å². The number of hydrogen-bond acceptors (Lipinski definition) is 4. The molecule has 0 radical (unpaired) electrons. The fourth-order valence-corrected chi connectivity index (χ4v) is 4.10. The molecule has 0 unspecified atom stereocenters. The molecule has 108 valence electrons. The van der Waals surface area contributed by atoms with Crippen LogP contribution in [0.1, 0.15) is 37.7 Å². The summed E-state index contributed by atoms with van der Waals surface area (Å²) in [6.07, 6.45) is 5.40. The number of methoxy groups -OCH3 is 2. The van der Waals surface area contributed by atoms with E-state index in [1.54, 1.807) is 26.0 Å². The fourth-order valence-electron chi connectivity index (χ4n) is 2.74.